The van der Waals surface area contributed by atoms with Crippen molar-refractivity contribution >= 4 is 17.1 Å². The van der Waals surface area contributed by atoms with E-state index in [1.807, 2.05) is 0 Å². The Hall–Kier alpha value is -8.78. The quantitative estimate of drug-likeness (QED) is 0.147. The predicted octanol–water partition coefficient (Wildman–Crippen LogP) is 17.8. The molecule has 0 bridgehead atoms. The molecule has 1 heteroatoms. The first-order valence-corrected chi connectivity index (χ1v) is 23.6. The number of hydrogen-bond acceptors (Lipinski definition) is 1. The highest BCUT2D eigenvalue weighted by atomic mass is 15.1. The molecule has 0 saturated carbocycles. The summed E-state index contributed by atoms with van der Waals surface area (Å²) in [5.41, 5.74) is 25.3. The van der Waals surface area contributed by atoms with Crippen LogP contribution in [-0.4, -0.2) is 0 Å². The van der Waals surface area contributed by atoms with E-state index in [4.69, 9.17) is 0 Å². The summed E-state index contributed by atoms with van der Waals surface area (Å²) >= 11 is 0. The monoisotopic (exact) mass is 863 g/mol. The number of fused-ring (bicyclic) bond motifs is 10. The molecule has 68 heavy (non-hydrogen) atoms. The van der Waals surface area contributed by atoms with Crippen LogP contribution in [0, 0.1) is 0 Å². The maximum atomic E-state index is 2.47. The second kappa shape index (κ2) is 16.3. The van der Waals surface area contributed by atoms with Gasteiger partial charge in [0.1, 0.15) is 0 Å². The molecule has 0 N–H and O–H groups in total. The van der Waals surface area contributed by atoms with E-state index < -0.39 is 5.41 Å². The SMILES string of the molecule is c1ccc(-c2ccc(-c3ccc(N(c4ccc(-c5ccccc5)cc4)c4cc(-c5ccccc5)ccc4-c4cccc5c4-c4ccccc4C54c5ccccc5-c5ccccc54)cc3)cc2)cc1. The van der Waals surface area contributed by atoms with Crippen LogP contribution in [0.3, 0.4) is 0 Å². The predicted molar refractivity (Wildman–Crippen MR) is 285 cm³/mol. The number of nitrogens with zero attached hydrogens (tertiary/aromatic N) is 1. The van der Waals surface area contributed by atoms with E-state index in [1.165, 1.54) is 94.6 Å². The first kappa shape index (κ1) is 39.6. The Labute approximate surface area is 398 Å². The van der Waals surface area contributed by atoms with Crippen LogP contribution in [0.15, 0.2) is 273 Å². The van der Waals surface area contributed by atoms with E-state index >= 15 is 0 Å². The normalized spacial score (nSPS) is 12.5. The third-order valence-electron chi connectivity index (χ3n) is 14.3. The largest absolute Gasteiger partial charge is 0.310 e. The lowest BCUT2D eigenvalue weighted by atomic mass is 9.70. The van der Waals surface area contributed by atoms with E-state index in [2.05, 4.69) is 278 Å². The highest BCUT2D eigenvalue weighted by Crippen LogP contribution is 2.64. The third kappa shape index (κ3) is 6.32. The molecule has 0 amide bonds. The maximum absolute atomic E-state index is 2.47. The van der Waals surface area contributed by atoms with Crippen LogP contribution >= 0.6 is 0 Å². The van der Waals surface area contributed by atoms with Crippen molar-refractivity contribution in [2.45, 2.75) is 5.41 Å². The Morgan fingerprint density at radius 2 is 0.559 bits per heavy atom. The van der Waals surface area contributed by atoms with Gasteiger partial charge in [0.25, 0.3) is 0 Å². The molecular formula is C67H45N. The molecule has 0 aliphatic heterocycles. The van der Waals surface area contributed by atoms with Crippen LogP contribution in [0.4, 0.5) is 17.1 Å². The molecular weight excluding hydrogens is 819 g/mol. The Balaban J connectivity index is 1.03. The molecule has 1 spiro atoms. The molecule has 13 rings (SSSR count). The fourth-order valence-corrected chi connectivity index (χ4v) is 11.3. The topological polar surface area (TPSA) is 3.24 Å². The minimum Gasteiger partial charge on any atom is -0.310 e. The highest BCUT2D eigenvalue weighted by molar-refractivity contribution is 6.03. The molecule has 11 aromatic carbocycles. The van der Waals surface area contributed by atoms with Crippen molar-refractivity contribution in [3.8, 4) is 77.9 Å². The second-order valence-corrected chi connectivity index (χ2v) is 18.0. The molecule has 0 radical (unpaired) electrons. The summed E-state index contributed by atoms with van der Waals surface area (Å²) in [6, 6.07) is 101. The summed E-state index contributed by atoms with van der Waals surface area (Å²) in [4.78, 5) is 2.47. The van der Waals surface area contributed by atoms with E-state index in [0.717, 1.165) is 22.6 Å². The standard InChI is InChI=1S/C67H45N/c1-4-17-46(18-5-1)49-31-33-50(34-32-49)52-37-42-55(43-38-52)68(54-40-35-51(36-41-54)47-19-6-2-7-20-47)65-45-53(48-21-8-3-9-22-48)39-44-58(65)59-26-16-30-64-66(59)60-25-12-15-29-63(60)67(64)61-27-13-10-23-56(61)57-24-11-14-28-62(57)67/h1-45H. The van der Waals surface area contributed by atoms with Crippen molar-refractivity contribution in [3.05, 3.63) is 295 Å². The third-order valence-corrected chi connectivity index (χ3v) is 14.3. The fraction of sp³-hybridized carbons (Fsp3) is 0.0149. The van der Waals surface area contributed by atoms with Crippen molar-refractivity contribution < 1.29 is 0 Å². The van der Waals surface area contributed by atoms with Crippen molar-refractivity contribution in [3.63, 3.8) is 0 Å². The minimum atomic E-state index is -0.443. The van der Waals surface area contributed by atoms with Gasteiger partial charge in [0.15, 0.2) is 0 Å². The van der Waals surface area contributed by atoms with Gasteiger partial charge in [0.2, 0.25) is 0 Å². The zero-order chi connectivity index (χ0) is 45.0. The Kier molecular flexibility index (Phi) is 9.47. The molecule has 0 fully saturated rings. The highest BCUT2D eigenvalue weighted by Gasteiger charge is 2.52. The summed E-state index contributed by atoms with van der Waals surface area (Å²) in [7, 11) is 0. The first-order valence-electron chi connectivity index (χ1n) is 23.6. The van der Waals surface area contributed by atoms with Gasteiger partial charge in [0, 0.05) is 16.9 Å². The summed E-state index contributed by atoms with van der Waals surface area (Å²) in [5, 5.41) is 0. The zero-order valence-corrected chi connectivity index (χ0v) is 37.4. The molecule has 2 aliphatic rings. The van der Waals surface area contributed by atoms with Gasteiger partial charge in [-0.15, -0.1) is 0 Å². The Bertz CT molecular complexity index is 3580. The number of rotatable bonds is 8. The number of benzene rings is 11. The van der Waals surface area contributed by atoms with E-state index in [0.29, 0.717) is 0 Å². The molecule has 11 aromatic rings. The van der Waals surface area contributed by atoms with Crippen molar-refractivity contribution in [1.82, 2.24) is 0 Å². The van der Waals surface area contributed by atoms with Crippen LogP contribution in [0.25, 0.3) is 77.9 Å². The van der Waals surface area contributed by atoms with E-state index in [1.54, 1.807) is 0 Å². The van der Waals surface area contributed by atoms with Crippen LogP contribution < -0.4 is 4.90 Å². The molecule has 0 heterocycles. The van der Waals surface area contributed by atoms with Crippen LogP contribution in [0.1, 0.15) is 22.3 Å². The lowest BCUT2D eigenvalue weighted by Crippen LogP contribution is -2.25. The molecule has 0 atom stereocenters. The van der Waals surface area contributed by atoms with Crippen LogP contribution in [-0.2, 0) is 5.41 Å². The summed E-state index contributed by atoms with van der Waals surface area (Å²) < 4.78 is 0. The van der Waals surface area contributed by atoms with Crippen molar-refractivity contribution in [2.24, 2.45) is 0 Å². The van der Waals surface area contributed by atoms with E-state index in [9.17, 15) is 0 Å². The van der Waals surface area contributed by atoms with Gasteiger partial charge in [-0.25, -0.2) is 0 Å². The fourth-order valence-electron chi connectivity index (χ4n) is 11.3. The summed E-state index contributed by atoms with van der Waals surface area (Å²) in [6.45, 7) is 0. The van der Waals surface area contributed by atoms with Gasteiger partial charge in [-0.2, -0.15) is 0 Å². The van der Waals surface area contributed by atoms with Gasteiger partial charge in [-0.05, 0) is 125 Å². The van der Waals surface area contributed by atoms with Crippen LogP contribution in [0.2, 0.25) is 0 Å². The van der Waals surface area contributed by atoms with E-state index in [-0.39, 0.29) is 0 Å². The van der Waals surface area contributed by atoms with Gasteiger partial charge in [-0.1, -0.05) is 243 Å². The van der Waals surface area contributed by atoms with Crippen molar-refractivity contribution in [1.29, 1.82) is 0 Å². The second-order valence-electron chi connectivity index (χ2n) is 18.0. The first-order chi connectivity index (χ1) is 33.7. The lowest BCUT2D eigenvalue weighted by Gasteiger charge is -2.31. The molecule has 1 nitrogen and oxygen atoms in total. The molecule has 2 aliphatic carbocycles. The zero-order valence-electron chi connectivity index (χ0n) is 37.4. The smallest absolute Gasteiger partial charge is 0.0725 e. The van der Waals surface area contributed by atoms with Gasteiger partial charge < -0.3 is 4.90 Å². The minimum absolute atomic E-state index is 0.443. The maximum Gasteiger partial charge on any atom is 0.0725 e. The number of hydrogen-bond donors (Lipinski definition) is 0. The average Bonchev–Trinajstić information content (AvgIpc) is 3.90. The molecule has 0 saturated heterocycles. The molecule has 318 valence electrons. The summed E-state index contributed by atoms with van der Waals surface area (Å²) in [5.74, 6) is 0. The van der Waals surface area contributed by atoms with Gasteiger partial charge >= 0.3 is 0 Å². The van der Waals surface area contributed by atoms with Gasteiger partial charge in [-0.3, -0.25) is 0 Å². The molecule has 0 unspecified atom stereocenters. The Morgan fingerprint density at radius 3 is 1.04 bits per heavy atom. The van der Waals surface area contributed by atoms with Crippen molar-refractivity contribution in [2.75, 3.05) is 4.90 Å². The Morgan fingerprint density at radius 1 is 0.221 bits per heavy atom. The summed E-state index contributed by atoms with van der Waals surface area (Å²) in [6.07, 6.45) is 0. The number of anilines is 3. The molecule has 0 aromatic heterocycles. The average molecular weight is 864 g/mol. The van der Waals surface area contributed by atoms with Crippen LogP contribution in [0.5, 0.6) is 0 Å². The lowest BCUT2D eigenvalue weighted by molar-refractivity contribution is 0.794. The van der Waals surface area contributed by atoms with Gasteiger partial charge in [0.05, 0.1) is 11.1 Å².